The van der Waals surface area contributed by atoms with Gasteiger partial charge in [-0.25, -0.2) is 23.4 Å². The molecular formula is C35H38F2N4O4. The van der Waals surface area contributed by atoms with Gasteiger partial charge in [-0.2, -0.15) is 5.10 Å². The van der Waals surface area contributed by atoms with Crippen LogP contribution in [0.3, 0.4) is 0 Å². The van der Waals surface area contributed by atoms with E-state index < -0.39 is 22.8 Å². The smallest absolute Gasteiger partial charge is 0.310 e. The second-order valence-corrected chi connectivity index (χ2v) is 13.9. The predicted molar refractivity (Wildman–Crippen MR) is 164 cm³/mol. The fraction of sp³-hybridized carbons (Fsp3) is 0.429. The number of esters is 1. The summed E-state index contributed by atoms with van der Waals surface area (Å²) in [7, 11) is 0. The van der Waals surface area contributed by atoms with Gasteiger partial charge in [-0.3, -0.25) is 4.79 Å². The molecule has 1 saturated carbocycles. The number of hydrogen-bond donors (Lipinski definition) is 1. The van der Waals surface area contributed by atoms with Crippen LogP contribution >= 0.6 is 0 Å². The van der Waals surface area contributed by atoms with Crippen molar-refractivity contribution < 1.29 is 28.2 Å². The maximum absolute atomic E-state index is 15.2. The van der Waals surface area contributed by atoms with Crippen molar-refractivity contribution in [3.63, 3.8) is 0 Å². The Morgan fingerprint density at radius 3 is 2.40 bits per heavy atom. The average Bonchev–Trinajstić information content (AvgIpc) is 3.23. The summed E-state index contributed by atoms with van der Waals surface area (Å²) >= 11 is 0. The van der Waals surface area contributed by atoms with Gasteiger partial charge in [0.1, 0.15) is 30.2 Å². The monoisotopic (exact) mass is 616 g/mol. The first-order valence-electron chi connectivity index (χ1n) is 15.1. The zero-order chi connectivity index (χ0) is 32.4. The van der Waals surface area contributed by atoms with Crippen LogP contribution in [-0.2, 0) is 29.1 Å². The van der Waals surface area contributed by atoms with E-state index in [4.69, 9.17) is 9.47 Å². The summed E-state index contributed by atoms with van der Waals surface area (Å²) in [6.45, 7) is 12.9. The number of halogens is 2. The number of nitrogens with zero attached hydrogens (tertiary/aromatic N) is 4. The average molecular weight is 617 g/mol. The minimum atomic E-state index is -0.939. The lowest BCUT2D eigenvalue weighted by Crippen LogP contribution is -2.26. The minimum Gasteiger partial charge on any atom is -0.473 e. The maximum atomic E-state index is 15.2. The van der Waals surface area contributed by atoms with E-state index in [9.17, 15) is 14.3 Å². The van der Waals surface area contributed by atoms with E-state index in [0.29, 0.717) is 17.3 Å². The molecule has 4 aromatic rings. The molecule has 2 aromatic heterocycles. The number of aryl methyl sites for hydroxylation is 2. The molecule has 45 heavy (non-hydrogen) atoms. The van der Waals surface area contributed by atoms with Gasteiger partial charge in [0.25, 0.3) is 0 Å². The molecule has 0 unspecified atom stereocenters. The zero-order valence-corrected chi connectivity index (χ0v) is 26.6. The zero-order valence-electron chi connectivity index (χ0n) is 26.6. The Labute approximate surface area is 261 Å². The van der Waals surface area contributed by atoms with E-state index in [1.165, 1.54) is 6.07 Å². The van der Waals surface area contributed by atoms with E-state index in [1.54, 1.807) is 31.1 Å². The number of aliphatic hydroxyl groups is 1. The number of pyridine rings is 1. The number of fused-ring (bicyclic) bond motifs is 3. The summed E-state index contributed by atoms with van der Waals surface area (Å²) in [6, 6.07) is 7.97. The summed E-state index contributed by atoms with van der Waals surface area (Å²) in [4.78, 5) is 21.4. The van der Waals surface area contributed by atoms with Crippen LogP contribution in [0.2, 0.25) is 0 Å². The second kappa shape index (κ2) is 11.0. The highest BCUT2D eigenvalue weighted by Gasteiger charge is 2.61. The molecule has 2 aliphatic carbocycles. The largest absolute Gasteiger partial charge is 0.473 e. The van der Waals surface area contributed by atoms with E-state index in [2.05, 4.69) is 15.1 Å². The molecule has 0 spiro atoms. The number of carbonyl (C=O) groups excluding carboxylic acids is 1. The fourth-order valence-electron chi connectivity index (χ4n) is 6.50. The van der Waals surface area contributed by atoms with Crippen molar-refractivity contribution in [2.45, 2.75) is 85.2 Å². The van der Waals surface area contributed by atoms with Gasteiger partial charge in [0.2, 0.25) is 5.88 Å². The van der Waals surface area contributed by atoms with Crippen LogP contribution in [0.25, 0.3) is 22.5 Å². The van der Waals surface area contributed by atoms with Gasteiger partial charge in [0.05, 0.1) is 18.1 Å². The first-order chi connectivity index (χ1) is 21.1. The van der Waals surface area contributed by atoms with Crippen molar-refractivity contribution in [1.82, 2.24) is 19.7 Å². The molecule has 0 amide bonds. The SMILES string of the molecule is Cc1cc(-c2ncn(CC(C)(C)O)n2)cc(C)c1-c1cc(COc2cc3c(cn2)[C@H]2[C@@H](C3)[C@@H]2C(=O)OC(C)(C)C)c(F)cc1F. The molecule has 3 atom stereocenters. The number of carbonyl (C=O) groups is 1. The highest BCUT2D eigenvalue weighted by atomic mass is 19.1. The summed E-state index contributed by atoms with van der Waals surface area (Å²) in [6.07, 6.45) is 4.04. The quantitative estimate of drug-likeness (QED) is 0.226. The lowest BCUT2D eigenvalue weighted by molar-refractivity contribution is -0.157. The third-order valence-electron chi connectivity index (χ3n) is 8.32. The van der Waals surface area contributed by atoms with E-state index in [0.717, 1.165) is 40.3 Å². The summed E-state index contributed by atoms with van der Waals surface area (Å²) < 4.78 is 43.2. The molecule has 2 heterocycles. The Balaban J connectivity index is 1.18. The Bertz CT molecular complexity index is 1780. The number of hydrogen-bond acceptors (Lipinski definition) is 7. The van der Waals surface area contributed by atoms with Crippen LogP contribution < -0.4 is 4.74 Å². The highest BCUT2D eigenvalue weighted by Crippen LogP contribution is 2.62. The Kier molecular flexibility index (Phi) is 7.54. The van der Waals surface area contributed by atoms with Gasteiger partial charge in [-0.15, -0.1) is 0 Å². The molecule has 6 rings (SSSR count). The summed E-state index contributed by atoms with van der Waals surface area (Å²) in [5.74, 6) is -0.505. The van der Waals surface area contributed by atoms with Gasteiger partial charge in [0.15, 0.2) is 5.82 Å². The maximum Gasteiger partial charge on any atom is 0.310 e. The summed E-state index contributed by atoms with van der Waals surface area (Å²) in [5.41, 5.74) is 4.09. The molecule has 0 saturated heterocycles. The number of benzene rings is 2. The second-order valence-electron chi connectivity index (χ2n) is 13.9. The van der Waals surface area contributed by atoms with Crippen LogP contribution in [-0.4, -0.2) is 42.0 Å². The molecule has 0 radical (unpaired) electrons. The fourth-order valence-corrected chi connectivity index (χ4v) is 6.50. The third kappa shape index (κ3) is 6.33. The van der Waals surface area contributed by atoms with E-state index in [1.807, 2.05) is 52.8 Å². The third-order valence-corrected chi connectivity index (χ3v) is 8.32. The Hall–Kier alpha value is -4.18. The van der Waals surface area contributed by atoms with Crippen LogP contribution in [0.1, 0.15) is 68.4 Å². The first kappa shape index (κ1) is 30.8. The Morgan fingerprint density at radius 2 is 1.73 bits per heavy atom. The topological polar surface area (TPSA) is 99.4 Å². The first-order valence-corrected chi connectivity index (χ1v) is 15.1. The van der Waals surface area contributed by atoms with Gasteiger partial charge in [-0.1, -0.05) is 0 Å². The van der Waals surface area contributed by atoms with Gasteiger partial charge >= 0.3 is 5.97 Å². The predicted octanol–water partition coefficient (Wildman–Crippen LogP) is 6.48. The number of ether oxygens (including phenoxy) is 2. The standard InChI is InChI=1S/C35H38F2N4O4/c1-18-8-21(32-39-17-41(40-32)16-35(6,7)43)9-19(2)29(18)23-11-22(26(36)13-27(23)37)15-44-28-12-20-10-24-30(25(20)14-38-28)31(24)33(42)45-34(3,4)5/h8-9,11-14,17,24,30-31,43H,10,15-16H2,1-7H3/t24-,30-,31+/m1/s1. The molecule has 10 heteroatoms. The molecule has 1 N–H and O–H groups in total. The van der Waals surface area contributed by atoms with E-state index in [-0.39, 0.29) is 48.0 Å². The molecule has 0 bridgehead atoms. The molecule has 0 aliphatic heterocycles. The Morgan fingerprint density at radius 1 is 1.02 bits per heavy atom. The highest BCUT2D eigenvalue weighted by molar-refractivity contribution is 5.80. The lowest BCUT2D eigenvalue weighted by atomic mass is 9.92. The van der Waals surface area contributed by atoms with Crippen molar-refractivity contribution >= 4 is 5.97 Å². The van der Waals surface area contributed by atoms with Crippen molar-refractivity contribution in [1.29, 1.82) is 0 Å². The number of aromatic nitrogens is 4. The van der Waals surface area contributed by atoms with Crippen LogP contribution in [0.4, 0.5) is 8.78 Å². The van der Waals surface area contributed by atoms with Crippen LogP contribution in [0, 0.1) is 37.3 Å². The molecular weight excluding hydrogens is 578 g/mol. The normalized spacial score (nSPS) is 18.8. The van der Waals surface area contributed by atoms with Crippen LogP contribution in [0.15, 0.2) is 42.9 Å². The van der Waals surface area contributed by atoms with E-state index >= 15 is 4.39 Å². The van der Waals surface area contributed by atoms with Gasteiger partial charge < -0.3 is 14.6 Å². The lowest BCUT2D eigenvalue weighted by Gasteiger charge is -2.20. The van der Waals surface area contributed by atoms with Crippen LogP contribution in [0.5, 0.6) is 5.88 Å². The number of rotatable bonds is 8. The van der Waals surface area contributed by atoms with Gasteiger partial charge in [-0.05, 0) is 107 Å². The molecule has 236 valence electrons. The van der Waals surface area contributed by atoms with Crippen molar-refractivity contribution in [3.8, 4) is 28.4 Å². The molecule has 1 fully saturated rings. The minimum absolute atomic E-state index is 0.116. The van der Waals surface area contributed by atoms with Crippen molar-refractivity contribution in [3.05, 3.63) is 82.3 Å². The molecule has 2 aliphatic rings. The molecule has 8 nitrogen and oxygen atoms in total. The molecule has 2 aromatic carbocycles. The van der Waals surface area contributed by atoms with Crippen molar-refractivity contribution in [2.24, 2.45) is 11.8 Å². The van der Waals surface area contributed by atoms with Crippen molar-refractivity contribution in [2.75, 3.05) is 0 Å². The summed E-state index contributed by atoms with van der Waals surface area (Å²) in [5, 5.41) is 14.6. The van der Waals surface area contributed by atoms with Gasteiger partial charge in [0, 0.05) is 40.9 Å².